The summed E-state index contributed by atoms with van der Waals surface area (Å²) in [7, 11) is 6.44. The van der Waals surface area contributed by atoms with Gasteiger partial charge < -0.3 is 4.90 Å². The lowest BCUT2D eigenvalue weighted by Gasteiger charge is -2.35. The predicted molar refractivity (Wildman–Crippen MR) is 55.6 cm³/mol. The Labute approximate surface area is 77.5 Å². The highest BCUT2D eigenvalue weighted by atomic mass is 15.2. The highest BCUT2D eigenvalue weighted by Gasteiger charge is 2.20. The average Bonchev–Trinajstić information content (AvgIpc) is 2.00. The molecule has 0 rings (SSSR count). The second-order valence-corrected chi connectivity index (χ2v) is 4.39. The molecule has 0 aromatic heterocycles. The van der Waals surface area contributed by atoms with Crippen LogP contribution in [-0.4, -0.2) is 49.6 Å². The fraction of sp³-hybridized carbons (Fsp3) is 1.00. The Morgan fingerprint density at radius 1 is 1.00 bits per heavy atom. The molecule has 0 spiro atoms. The molecule has 0 atom stereocenters. The van der Waals surface area contributed by atoms with Crippen LogP contribution in [0.2, 0.25) is 0 Å². The number of hydrogen-bond acceptors (Lipinski definition) is 2. The summed E-state index contributed by atoms with van der Waals surface area (Å²) in [5.41, 5.74) is 0.343. The first kappa shape index (κ1) is 11.9. The Balaban J connectivity index is 3.78. The molecule has 0 bridgehead atoms. The van der Waals surface area contributed by atoms with Crippen molar-refractivity contribution >= 4 is 0 Å². The highest BCUT2D eigenvalue weighted by molar-refractivity contribution is 4.77. The van der Waals surface area contributed by atoms with Gasteiger partial charge in [-0.25, -0.2) is 0 Å². The minimum absolute atomic E-state index is 0.343. The smallest absolute Gasteiger partial charge is 0.0148 e. The van der Waals surface area contributed by atoms with E-state index in [1.54, 1.807) is 0 Å². The number of rotatable bonds is 5. The molecule has 2 heteroatoms. The van der Waals surface area contributed by atoms with Crippen LogP contribution in [0, 0.1) is 0 Å². The molecule has 0 fully saturated rings. The summed E-state index contributed by atoms with van der Waals surface area (Å²) < 4.78 is 0. The molecule has 0 aromatic rings. The number of nitrogens with zero attached hydrogens (tertiary/aromatic N) is 2. The van der Waals surface area contributed by atoms with E-state index in [0.717, 1.165) is 13.1 Å². The molecule has 0 saturated carbocycles. The zero-order chi connectivity index (χ0) is 9.78. The maximum Gasteiger partial charge on any atom is 0.0148 e. The van der Waals surface area contributed by atoms with E-state index in [2.05, 4.69) is 51.7 Å². The molecular weight excluding hydrogens is 148 g/mol. The van der Waals surface area contributed by atoms with Gasteiger partial charge in [-0.15, -0.1) is 0 Å². The standard InChI is InChI=1S/C10H24N2/c1-7-10(2,3)12(6)9-8-11(4)5/h7-9H2,1-6H3. The summed E-state index contributed by atoms with van der Waals surface area (Å²) >= 11 is 0. The molecule has 0 heterocycles. The Bertz CT molecular complexity index is 119. The molecule has 0 aromatic carbocycles. The van der Waals surface area contributed by atoms with Crippen molar-refractivity contribution in [1.29, 1.82) is 0 Å². The normalized spacial score (nSPS) is 13.0. The van der Waals surface area contributed by atoms with Gasteiger partial charge in [0, 0.05) is 18.6 Å². The highest BCUT2D eigenvalue weighted by Crippen LogP contribution is 2.15. The SMILES string of the molecule is CCC(C)(C)N(C)CCN(C)C. The predicted octanol–water partition coefficient (Wildman–Crippen LogP) is 1.67. The largest absolute Gasteiger partial charge is 0.308 e. The second kappa shape index (κ2) is 4.83. The number of likely N-dealkylation sites (N-methyl/N-ethyl adjacent to an activating group) is 2. The summed E-state index contributed by atoms with van der Waals surface area (Å²) in [6.45, 7) is 9.12. The van der Waals surface area contributed by atoms with Crippen molar-refractivity contribution in [3.63, 3.8) is 0 Å². The van der Waals surface area contributed by atoms with Crippen LogP contribution < -0.4 is 0 Å². The van der Waals surface area contributed by atoms with Gasteiger partial charge in [0.25, 0.3) is 0 Å². The van der Waals surface area contributed by atoms with E-state index in [1.807, 2.05) is 0 Å². The van der Waals surface area contributed by atoms with Gasteiger partial charge in [0.05, 0.1) is 0 Å². The van der Waals surface area contributed by atoms with Crippen LogP contribution >= 0.6 is 0 Å². The third kappa shape index (κ3) is 4.07. The Morgan fingerprint density at radius 3 is 1.83 bits per heavy atom. The van der Waals surface area contributed by atoms with Crippen LogP contribution in [0.4, 0.5) is 0 Å². The van der Waals surface area contributed by atoms with Gasteiger partial charge in [0.2, 0.25) is 0 Å². The molecule has 74 valence electrons. The van der Waals surface area contributed by atoms with Gasteiger partial charge in [-0.05, 0) is 41.4 Å². The van der Waals surface area contributed by atoms with Gasteiger partial charge in [-0.1, -0.05) is 6.92 Å². The molecule has 0 aliphatic rings. The molecule has 0 amide bonds. The topological polar surface area (TPSA) is 6.48 Å². The average molecular weight is 172 g/mol. The van der Waals surface area contributed by atoms with Crippen LogP contribution in [-0.2, 0) is 0 Å². The van der Waals surface area contributed by atoms with Crippen molar-refractivity contribution in [2.75, 3.05) is 34.2 Å². The minimum atomic E-state index is 0.343. The van der Waals surface area contributed by atoms with E-state index in [-0.39, 0.29) is 0 Å². The van der Waals surface area contributed by atoms with Crippen molar-refractivity contribution in [3.8, 4) is 0 Å². The maximum absolute atomic E-state index is 2.42. The third-order valence-electron chi connectivity index (χ3n) is 2.78. The van der Waals surface area contributed by atoms with E-state index in [0.29, 0.717) is 5.54 Å². The van der Waals surface area contributed by atoms with Crippen LogP contribution in [0.15, 0.2) is 0 Å². The first-order valence-electron chi connectivity index (χ1n) is 4.76. The van der Waals surface area contributed by atoms with Crippen LogP contribution in [0.5, 0.6) is 0 Å². The molecule has 2 nitrogen and oxygen atoms in total. The van der Waals surface area contributed by atoms with Crippen LogP contribution in [0.3, 0.4) is 0 Å². The lowest BCUT2D eigenvalue weighted by molar-refractivity contribution is 0.139. The second-order valence-electron chi connectivity index (χ2n) is 4.39. The molecule has 0 aliphatic carbocycles. The van der Waals surface area contributed by atoms with E-state index >= 15 is 0 Å². The minimum Gasteiger partial charge on any atom is -0.308 e. The molecule has 0 saturated heterocycles. The molecular formula is C10H24N2. The quantitative estimate of drug-likeness (QED) is 0.622. The van der Waals surface area contributed by atoms with E-state index < -0.39 is 0 Å². The van der Waals surface area contributed by atoms with Crippen molar-refractivity contribution in [3.05, 3.63) is 0 Å². The van der Waals surface area contributed by atoms with Gasteiger partial charge in [-0.2, -0.15) is 0 Å². The lowest BCUT2D eigenvalue weighted by atomic mass is 10.0. The molecule has 12 heavy (non-hydrogen) atoms. The lowest BCUT2D eigenvalue weighted by Crippen LogP contribution is -2.43. The summed E-state index contributed by atoms with van der Waals surface area (Å²) in [6, 6.07) is 0. The van der Waals surface area contributed by atoms with Gasteiger partial charge in [0.1, 0.15) is 0 Å². The molecule has 0 aliphatic heterocycles. The van der Waals surface area contributed by atoms with Crippen molar-refractivity contribution in [2.45, 2.75) is 32.7 Å². The van der Waals surface area contributed by atoms with Crippen LogP contribution in [0.25, 0.3) is 0 Å². The fourth-order valence-corrected chi connectivity index (χ4v) is 0.923. The Hall–Kier alpha value is -0.0800. The maximum atomic E-state index is 2.42. The van der Waals surface area contributed by atoms with Gasteiger partial charge in [0.15, 0.2) is 0 Å². The van der Waals surface area contributed by atoms with Crippen molar-refractivity contribution in [2.24, 2.45) is 0 Å². The van der Waals surface area contributed by atoms with E-state index in [1.165, 1.54) is 6.42 Å². The van der Waals surface area contributed by atoms with Gasteiger partial charge >= 0.3 is 0 Å². The fourth-order valence-electron chi connectivity index (χ4n) is 0.923. The summed E-state index contributed by atoms with van der Waals surface area (Å²) in [4.78, 5) is 4.65. The molecule has 0 N–H and O–H groups in total. The van der Waals surface area contributed by atoms with Crippen molar-refractivity contribution in [1.82, 2.24) is 9.80 Å². The van der Waals surface area contributed by atoms with Crippen molar-refractivity contribution < 1.29 is 0 Å². The third-order valence-corrected chi connectivity index (χ3v) is 2.78. The first-order valence-corrected chi connectivity index (χ1v) is 4.76. The van der Waals surface area contributed by atoms with E-state index in [9.17, 15) is 0 Å². The van der Waals surface area contributed by atoms with Gasteiger partial charge in [-0.3, -0.25) is 4.90 Å². The van der Waals surface area contributed by atoms with Crippen LogP contribution in [0.1, 0.15) is 27.2 Å². The van der Waals surface area contributed by atoms with E-state index in [4.69, 9.17) is 0 Å². The Morgan fingerprint density at radius 2 is 1.50 bits per heavy atom. The summed E-state index contributed by atoms with van der Waals surface area (Å²) in [6.07, 6.45) is 1.21. The first-order chi connectivity index (χ1) is 5.40. The molecule has 0 radical (unpaired) electrons. The zero-order valence-electron chi connectivity index (χ0n) is 9.52. The Kier molecular flexibility index (Phi) is 4.80. The summed E-state index contributed by atoms with van der Waals surface area (Å²) in [5, 5.41) is 0. The summed E-state index contributed by atoms with van der Waals surface area (Å²) in [5.74, 6) is 0. The molecule has 0 unspecified atom stereocenters. The zero-order valence-corrected chi connectivity index (χ0v) is 9.52. The number of hydrogen-bond donors (Lipinski definition) is 0. The monoisotopic (exact) mass is 172 g/mol.